The Kier molecular flexibility index (Phi) is 5.78. The number of hydrogen-bond donors (Lipinski definition) is 3. The molecule has 4 amide bonds. The van der Waals surface area contributed by atoms with E-state index in [0.29, 0.717) is 29.0 Å². The number of imide groups is 1. The van der Waals surface area contributed by atoms with Crippen LogP contribution in [0.2, 0.25) is 0 Å². The molecule has 0 atom stereocenters. The minimum atomic E-state index is -3.88. The molecule has 0 unspecified atom stereocenters. The fourth-order valence-electron chi connectivity index (χ4n) is 3.18. The number of nitrogens with one attached hydrogen (secondary N) is 3. The van der Waals surface area contributed by atoms with E-state index in [0.717, 1.165) is 4.90 Å². The maximum Gasteiger partial charge on any atom is 0.330 e. The van der Waals surface area contributed by atoms with Gasteiger partial charge in [-0.05, 0) is 59.7 Å². The first-order chi connectivity index (χ1) is 15.3. The van der Waals surface area contributed by atoms with Crippen LogP contribution in [0.15, 0.2) is 77.7 Å². The first kappa shape index (κ1) is 21.3. The number of carbonyl (C=O) groups excluding carboxylic acids is 2. The second-order valence-electron chi connectivity index (χ2n) is 7.03. The van der Waals surface area contributed by atoms with Gasteiger partial charge in [-0.3, -0.25) is 4.72 Å². The Morgan fingerprint density at radius 3 is 2.28 bits per heavy atom. The second-order valence-corrected chi connectivity index (χ2v) is 8.71. The number of sulfonamides is 1. The van der Waals surface area contributed by atoms with Crippen LogP contribution >= 0.6 is 0 Å². The van der Waals surface area contributed by atoms with Crippen molar-refractivity contribution in [2.24, 2.45) is 0 Å². The van der Waals surface area contributed by atoms with Gasteiger partial charge in [0, 0.05) is 24.5 Å². The lowest BCUT2D eigenvalue weighted by atomic mass is 10.1. The summed E-state index contributed by atoms with van der Waals surface area (Å²) in [4.78, 5) is 24.8. The lowest BCUT2D eigenvalue weighted by Gasteiger charge is -2.14. The number of nitrogens with zero attached hydrogens (tertiary/aromatic N) is 1. The normalized spacial score (nSPS) is 13.5. The van der Waals surface area contributed by atoms with E-state index in [1.807, 2.05) is 0 Å². The Hall–Kier alpha value is -3.92. The quantitative estimate of drug-likeness (QED) is 0.544. The lowest BCUT2D eigenvalue weighted by molar-refractivity contribution is 0.207. The van der Waals surface area contributed by atoms with Crippen molar-refractivity contribution in [3.05, 3.63) is 78.6 Å². The molecular formula is C22H19FN4O4S. The van der Waals surface area contributed by atoms with Gasteiger partial charge in [0.25, 0.3) is 10.0 Å². The number of rotatable bonds is 5. The molecule has 1 aliphatic heterocycles. The van der Waals surface area contributed by atoms with Gasteiger partial charge in [0.05, 0.1) is 4.90 Å². The zero-order chi connectivity index (χ0) is 22.7. The molecule has 0 spiro atoms. The van der Waals surface area contributed by atoms with E-state index in [4.69, 9.17) is 0 Å². The van der Waals surface area contributed by atoms with Crippen LogP contribution in [0, 0.1) is 5.82 Å². The van der Waals surface area contributed by atoms with Crippen molar-refractivity contribution in [1.29, 1.82) is 0 Å². The average molecular weight is 454 g/mol. The number of benzene rings is 3. The molecule has 0 bridgehead atoms. The van der Waals surface area contributed by atoms with Crippen LogP contribution < -0.4 is 15.4 Å². The largest absolute Gasteiger partial charge is 0.336 e. The molecule has 164 valence electrons. The molecule has 0 saturated carbocycles. The van der Waals surface area contributed by atoms with E-state index in [2.05, 4.69) is 15.4 Å². The van der Waals surface area contributed by atoms with E-state index in [-0.39, 0.29) is 17.3 Å². The molecule has 10 heteroatoms. The summed E-state index contributed by atoms with van der Waals surface area (Å²) in [6, 6.07) is 17.1. The third kappa shape index (κ3) is 4.70. The second kappa shape index (κ2) is 8.67. The Morgan fingerprint density at radius 2 is 1.62 bits per heavy atom. The van der Waals surface area contributed by atoms with Gasteiger partial charge in [-0.2, -0.15) is 0 Å². The maximum absolute atomic E-state index is 13.2. The highest BCUT2D eigenvalue weighted by molar-refractivity contribution is 7.92. The predicted molar refractivity (Wildman–Crippen MR) is 118 cm³/mol. The van der Waals surface area contributed by atoms with E-state index < -0.39 is 22.1 Å². The Balaban J connectivity index is 1.46. The number of amides is 4. The highest BCUT2D eigenvalue weighted by atomic mass is 32.2. The van der Waals surface area contributed by atoms with Gasteiger partial charge in [0.2, 0.25) is 0 Å². The number of hydrogen-bond acceptors (Lipinski definition) is 4. The Labute approximate surface area is 184 Å². The maximum atomic E-state index is 13.2. The van der Waals surface area contributed by atoms with Gasteiger partial charge in [-0.15, -0.1) is 0 Å². The summed E-state index contributed by atoms with van der Waals surface area (Å²) in [5.74, 6) is -0.373. The molecular weight excluding hydrogens is 435 g/mol. The first-order valence-corrected chi connectivity index (χ1v) is 11.2. The third-order valence-electron chi connectivity index (χ3n) is 4.81. The standard InChI is InChI=1S/C22H19FN4O4S/c23-17-6-4-15(5-7-17)16-2-1-3-20(14-16)32(30,31)26-19-10-8-18(9-11-19)25-22(29)27-13-12-24-21(27)28/h1-11,14,26H,12-13H2,(H,24,28)(H,25,29). The van der Waals surface area contributed by atoms with E-state index in [1.165, 1.54) is 48.5 Å². The molecule has 1 heterocycles. The van der Waals surface area contributed by atoms with Crippen molar-refractivity contribution in [3.63, 3.8) is 0 Å². The van der Waals surface area contributed by atoms with Crippen LogP contribution in [0.1, 0.15) is 0 Å². The smallest absolute Gasteiger partial charge is 0.330 e. The highest BCUT2D eigenvalue weighted by Crippen LogP contribution is 2.25. The summed E-state index contributed by atoms with van der Waals surface area (Å²) in [5, 5.41) is 5.12. The van der Waals surface area contributed by atoms with Crippen molar-refractivity contribution in [1.82, 2.24) is 10.2 Å². The fraction of sp³-hybridized carbons (Fsp3) is 0.0909. The number of halogens is 1. The molecule has 0 aromatic heterocycles. The number of anilines is 2. The van der Waals surface area contributed by atoms with Gasteiger partial charge in [0.1, 0.15) is 5.82 Å². The van der Waals surface area contributed by atoms with Gasteiger partial charge in [-0.25, -0.2) is 27.3 Å². The summed E-state index contributed by atoms with van der Waals surface area (Å²) < 4.78 is 41.3. The van der Waals surface area contributed by atoms with Gasteiger partial charge in [0.15, 0.2) is 0 Å². The van der Waals surface area contributed by atoms with Crippen LogP contribution in [0.4, 0.5) is 25.4 Å². The van der Waals surface area contributed by atoms with E-state index >= 15 is 0 Å². The Bertz CT molecular complexity index is 1260. The van der Waals surface area contributed by atoms with Gasteiger partial charge >= 0.3 is 12.1 Å². The molecule has 8 nitrogen and oxygen atoms in total. The molecule has 3 aromatic rings. The van der Waals surface area contributed by atoms with Crippen LogP contribution in [0.5, 0.6) is 0 Å². The minimum absolute atomic E-state index is 0.0525. The molecule has 3 N–H and O–H groups in total. The van der Waals surface area contributed by atoms with E-state index in [1.54, 1.807) is 24.3 Å². The molecule has 1 saturated heterocycles. The highest BCUT2D eigenvalue weighted by Gasteiger charge is 2.26. The molecule has 3 aromatic carbocycles. The minimum Gasteiger partial charge on any atom is -0.336 e. The van der Waals surface area contributed by atoms with Crippen molar-refractivity contribution in [2.45, 2.75) is 4.90 Å². The van der Waals surface area contributed by atoms with Crippen LogP contribution in [-0.2, 0) is 10.0 Å². The molecule has 0 radical (unpaired) electrons. The topological polar surface area (TPSA) is 108 Å². The van der Waals surface area contributed by atoms with Gasteiger partial charge < -0.3 is 10.6 Å². The summed E-state index contributed by atoms with van der Waals surface area (Å²) in [5.41, 5.74) is 2.04. The summed E-state index contributed by atoms with van der Waals surface area (Å²) in [7, 11) is -3.88. The zero-order valence-corrected chi connectivity index (χ0v) is 17.5. The molecule has 32 heavy (non-hydrogen) atoms. The average Bonchev–Trinajstić information content (AvgIpc) is 3.21. The first-order valence-electron chi connectivity index (χ1n) is 9.67. The Morgan fingerprint density at radius 1 is 0.938 bits per heavy atom. The monoisotopic (exact) mass is 454 g/mol. The zero-order valence-electron chi connectivity index (χ0n) is 16.7. The lowest BCUT2D eigenvalue weighted by Crippen LogP contribution is -2.37. The fourth-order valence-corrected chi connectivity index (χ4v) is 4.28. The summed E-state index contributed by atoms with van der Waals surface area (Å²) in [6.45, 7) is 0.675. The summed E-state index contributed by atoms with van der Waals surface area (Å²) in [6.07, 6.45) is 0. The van der Waals surface area contributed by atoms with Crippen molar-refractivity contribution in [2.75, 3.05) is 23.1 Å². The van der Waals surface area contributed by atoms with Crippen molar-refractivity contribution < 1.29 is 22.4 Å². The SMILES string of the molecule is O=C1NCCN1C(=O)Nc1ccc(NS(=O)(=O)c2cccc(-c3ccc(F)cc3)c2)cc1. The van der Waals surface area contributed by atoms with Crippen molar-refractivity contribution >= 4 is 33.5 Å². The van der Waals surface area contributed by atoms with Gasteiger partial charge in [-0.1, -0.05) is 24.3 Å². The molecule has 1 aliphatic rings. The van der Waals surface area contributed by atoms with Crippen molar-refractivity contribution in [3.8, 4) is 11.1 Å². The van der Waals surface area contributed by atoms with Crippen LogP contribution in [0.25, 0.3) is 11.1 Å². The molecule has 4 rings (SSSR count). The van der Waals surface area contributed by atoms with Crippen LogP contribution in [0.3, 0.4) is 0 Å². The third-order valence-corrected chi connectivity index (χ3v) is 6.19. The molecule has 1 fully saturated rings. The summed E-state index contributed by atoms with van der Waals surface area (Å²) >= 11 is 0. The number of carbonyl (C=O) groups is 2. The van der Waals surface area contributed by atoms with E-state index in [9.17, 15) is 22.4 Å². The van der Waals surface area contributed by atoms with Crippen LogP contribution in [-0.4, -0.2) is 38.5 Å². The number of urea groups is 2. The molecule has 0 aliphatic carbocycles. The predicted octanol–water partition coefficient (Wildman–Crippen LogP) is 3.85.